The van der Waals surface area contributed by atoms with Gasteiger partial charge in [0.1, 0.15) is 60.2 Å². The molecule has 4 aliphatic rings. The molecule has 0 aliphatic carbocycles. The number of pyridine rings is 3. The van der Waals surface area contributed by atoms with E-state index in [0.29, 0.717) is 100 Å². The summed E-state index contributed by atoms with van der Waals surface area (Å²) in [6.07, 6.45) is 14.7. The number of ether oxygens (including phenoxy) is 6. The maximum absolute atomic E-state index is 15.0. The number of halogens is 3. The van der Waals surface area contributed by atoms with Gasteiger partial charge >= 0.3 is 0 Å². The summed E-state index contributed by atoms with van der Waals surface area (Å²) in [7, 11) is -7.49. The first-order valence-electron chi connectivity index (χ1n) is 34.6. The Bertz CT molecular complexity index is 4740. The zero-order valence-electron chi connectivity index (χ0n) is 59.2. The van der Waals surface area contributed by atoms with Crippen molar-refractivity contribution in [2.75, 3.05) is 179 Å². The van der Waals surface area contributed by atoms with Gasteiger partial charge in [0.25, 0.3) is 0 Å². The number of nitrogens with one attached hydrogen (secondary N) is 6. The van der Waals surface area contributed by atoms with Gasteiger partial charge in [-0.1, -0.05) is 71.2 Å². The minimum Gasteiger partial charge on any atom is -0.480 e. The zero-order valence-corrected chi connectivity index (χ0v) is 64.2. The Morgan fingerprint density at radius 2 is 0.933 bits per heavy atom. The van der Waals surface area contributed by atoms with Crippen LogP contribution in [0.15, 0.2) is 122 Å². The quantitative estimate of drug-likeness (QED) is 0.0274. The largest absolute Gasteiger partial charge is 0.480 e. The molecule has 0 radical (unpaired) electrons. The summed E-state index contributed by atoms with van der Waals surface area (Å²) < 4.78 is 78.9. The van der Waals surface area contributed by atoms with Crippen molar-refractivity contribution in [3.05, 3.63) is 143 Å². The molecule has 13 rings (SSSR count). The number of morpholine rings is 1. The molecule has 1 unspecified atom stereocenters. The van der Waals surface area contributed by atoms with E-state index in [2.05, 4.69) is 66.5 Å². The van der Waals surface area contributed by atoms with Gasteiger partial charge in [0.15, 0.2) is 17.5 Å². The van der Waals surface area contributed by atoms with Gasteiger partial charge in [-0.15, -0.1) is 0 Å². The number of nitrogens with zero attached hydrogens (tertiary/aromatic N) is 12. The number of methoxy groups -OCH3 is 1. The van der Waals surface area contributed by atoms with E-state index in [1.54, 1.807) is 65.1 Å². The molecule has 105 heavy (non-hydrogen) atoms. The van der Waals surface area contributed by atoms with Crippen molar-refractivity contribution in [2.24, 2.45) is 5.41 Å². The molecule has 4 saturated heterocycles. The molecule has 4 aliphatic heterocycles. The molecule has 27 nitrogen and oxygen atoms in total. The maximum atomic E-state index is 15.0. The Morgan fingerprint density at radius 1 is 0.467 bits per heavy atom. The topological polar surface area (TPSA) is 304 Å². The highest BCUT2D eigenvalue weighted by Crippen LogP contribution is 2.47. The molecule has 1 spiro atoms. The van der Waals surface area contributed by atoms with Gasteiger partial charge < -0.3 is 88.7 Å². The third-order valence-corrected chi connectivity index (χ3v) is 24.9. The van der Waals surface area contributed by atoms with Crippen LogP contribution in [-0.4, -0.2) is 177 Å². The minimum absolute atomic E-state index is 0.000876. The van der Waals surface area contributed by atoms with E-state index in [9.17, 15) is 9.13 Å². The molecular weight excluding hydrogens is 1460 g/mol. The SMILES string of the molecule is COc1ncc(N2CCCCOCCC2)cc1Nc1ncc(Cl)c(Nc2ccccc2P(C)(=O)CCOc2ncc(N3CCOCC3)cc2Nc2ncc(Cl)c(Nc3cccc(COc4ncc(N5CC6(CCOCC6)C5)cc4Nc4ncc(Cl)c(Nc5ccccc5P(C)(C)=O)n4)c3P(C)(C)=O)n2)n1. The van der Waals surface area contributed by atoms with Gasteiger partial charge in [-0.3, -0.25) is 0 Å². The molecule has 6 N–H and O–H groups in total. The van der Waals surface area contributed by atoms with Crippen molar-refractivity contribution in [3.8, 4) is 17.6 Å². The highest BCUT2D eigenvalue weighted by molar-refractivity contribution is 7.71. The first kappa shape index (κ1) is 74.7. The second-order valence-corrected chi connectivity index (χ2v) is 37.7. The lowest BCUT2D eigenvalue weighted by molar-refractivity contribution is -0.000214. The second-order valence-electron chi connectivity index (χ2n) is 27.0. The number of para-hydroxylation sites is 2. The van der Waals surface area contributed by atoms with Crippen LogP contribution < -0.4 is 76.7 Å². The van der Waals surface area contributed by atoms with Gasteiger partial charge in [0.05, 0.1) is 98.2 Å². The summed E-state index contributed by atoms with van der Waals surface area (Å²) in [4.78, 5) is 49.1. The molecule has 33 heteroatoms. The van der Waals surface area contributed by atoms with Crippen LogP contribution in [0.2, 0.25) is 15.1 Å². The summed E-state index contributed by atoms with van der Waals surface area (Å²) in [5.74, 6) is 2.15. The Hall–Kier alpha value is -8.61. The molecule has 3 aromatic carbocycles. The van der Waals surface area contributed by atoms with Crippen molar-refractivity contribution < 1.29 is 42.1 Å². The minimum atomic E-state index is -3.22. The average molecular weight is 1540 g/mol. The van der Waals surface area contributed by atoms with Crippen molar-refractivity contribution >= 4 is 159 Å². The van der Waals surface area contributed by atoms with Crippen LogP contribution in [0, 0.1) is 5.41 Å². The van der Waals surface area contributed by atoms with Gasteiger partial charge in [-0.2, -0.15) is 15.0 Å². The van der Waals surface area contributed by atoms with E-state index < -0.39 is 21.4 Å². The first-order valence-corrected chi connectivity index (χ1v) is 43.3. The second kappa shape index (κ2) is 33.0. The van der Waals surface area contributed by atoms with E-state index in [1.165, 1.54) is 18.6 Å². The van der Waals surface area contributed by atoms with Gasteiger partial charge in [0, 0.05) is 98.8 Å². The van der Waals surface area contributed by atoms with Crippen molar-refractivity contribution in [2.45, 2.75) is 38.7 Å². The number of hydrogen-bond donors (Lipinski definition) is 6. The number of anilines is 15. The number of aromatic nitrogens is 9. The van der Waals surface area contributed by atoms with Crippen LogP contribution in [0.4, 0.5) is 86.5 Å². The smallest absolute Gasteiger partial charge is 0.238 e. The molecule has 552 valence electrons. The fraction of sp³-hybridized carbons (Fsp3) is 0.375. The molecule has 1 atom stereocenters. The molecule has 6 aromatic heterocycles. The fourth-order valence-corrected chi connectivity index (χ4v) is 17.9. The molecule has 0 saturated carbocycles. The summed E-state index contributed by atoms with van der Waals surface area (Å²) in [6, 6.07) is 26.0. The Kier molecular flexibility index (Phi) is 23.5. The summed E-state index contributed by atoms with van der Waals surface area (Å²) in [6.45, 7) is 17.1. The van der Waals surface area contributed by atoms with Gasteiger partial charge in [-0.25, -0.2) is 29.9 Å². The highest BCUT2D eigenvalue weighted by Gasteiger charge is 2.44. The van der Waals surface area contributed by atoms with E-state index in [-0.39, 0.29) is 81.1 Å². The monoisotopic (exact) mass is 1540 g/mol. The molecule has 0 amide bonds. The maximum Gasteiger partial charge on any atom is 0.238 e. The summed E-state index contributed by atoms with van der Waals surface area (Å²) >= 11 is 20.4. The summed E-state index contributed by atoms with van der Waals surface area (Å²) in [5, 5.41) is 22.3. The van der Waals surface area contributed by atoms with E-state index in [4.69, 9.17) is 88.1 Å². The van der Waals surface area contributed by atoms with Crippen molar-refractivity contribution in [3.63, 3.8) is 0 Å². The van der Waals surface area contributed by atoms with Crippen LogP contribution in [0.5, 0.6) is 17.6 Å². The number of benzene rings is 3. The predicted octanol–water partition coefficient (Wildman–Crippen LogP) is 13.9. The molecular formula is C72H84Cl3N18O9P3. The molecule has 10 heterocycles. The normalized spacial score (nSPS) is 16.2. The van der Waals surface area contributed by atoms with Gasteiger partial charge in [0.2, 0.25) is 35.5 Å². The standard InChI is InChI=1S/C72H84Cl3N18O9P3/c1-97-66-57(35-48(38-76-66)91-23-11-12-27-98-28-14-24-91)85-69-79-42-52(74)64(89-69)83-55-17-8-10-20-61(55)105(6,96)34-33-101-67-58(36-49(39-77-67)92-25-31-100-32-26-92)86-70-81-43-53(75)65(90-70)84-56-18-13-15-47(62(56)104(4,5)95)44-102-68-59(37-50(40-78-68)93-45-72(46-93)21-29-99-30-22-72)87-71-80-41-51(73)63(88-71)82-54-16-7-9-19-60(54)103(2,3)94/h7-10,13,15-20,35-43H,11-12,14,21-34,44-46H2,1-6H3,(H2,79,83,85,89)(H2,80,82,87,88)(H2,81,84,86,90). The lowest BCUT2D eigenvalue weighted by atomic mass is 9.73. The van der Waals surface area contributed by atoms with Crippen LogP contribution in [0.1, 0.15) is 37.7 Å². The van der Waals surface area contributed by atoms with Crippen molar-refractivity contribution in [1.82, 2.24) is 44.9 Å². The number of hydrogen-bond acceptors (Lipinski definition) is 27. The average Bonchev–Trinajstić information content (AvgIpc) is 0.769. The third-order valence-electron chi connectivity index (χ3n) is 18.5. The van der Waals surface area contributed by atoms with Crippen LogP contribution >= 0.6 is 56.2 Å². The lowest BCUT2D eigenvalue weighted by Crippen LogP contribution is -2.58. The zero-order chi connectivity index (χ0) is 73.3. The molecule has 0 bridgehead atoms. The molecule has 4 fully saturated rings. The first-order chi connectivity index (χ1) is 50.6. The third kappa shape index (κ3) is 18.4. The Morgan fingerprint density at radius 3 is 1.50 bits per heavy atom. The van der Waals surface area contributed by atoms with Crippen LogP contribution in [0.25, 0.3) is 0 Å². The van der Waals surface area contributed by atoms with E-state index in [0.717, 1.165) is 95.2 Å². The summed E-state index contributed by atoms with van der Waals surface area (Å²) in [5.41, 5.74) is 6.47. The van der Waals surface area contributed by atoms with E-state index in [1.807, 2.05) is 78.9 Å². The van der Waals surface area contributed by atoms with Crippen molar-refractivity contribution in [1.29, 1.82) is 0 Å². The van der Waals surface area contributed by atoms with Crippen LogP contribution in [0.3, 0.4) is 0 Å². The fourth-order valence-electron chi connectivity index (χ4n) is 13.1. The Labute approximate surface area is 625 Å². The van der Waals surface area contributed by atoms with Crippen LogP contribution in [-0.2, 0) is 34.5 Å². The van der Waals surface area contributed by atoms with Gasteiger partial charge in [-0.05, 0) is 114 Å². The Balaban J connectivity index is 0.718. The highest BCUT2D eigenvalue weighted by atomic mass is 35.5. The lowest BCUT2D eigenvalue weighted by Gasteiger charge is -2.53. The number of rotatable bonds is 26. The van der Waals surface area contributed by atoms with E-state index >= 15 is 4.57 Å². The predicted molar refractivity (Wildman–Crippen MR) is 420 cm³/mol. The molecule has 9 aromatic rings.